The Morgan fingerprint density at radius 2 is 2.21 bits per heavy atom. The second-order valence-corrected chi connectivity index (χ2v) is 8.36. The Kier molecular flexibility index (Phi) is 4.07. The van der Waals surface area contributed by atoms with Crippen LogP contribution >= 0.6 is 15.9 Å². The van der Waals surface area contributed by atoms with Gasteiger partial charge in [-0.2, -0.15) is 0 Å². The molecule has 0 aliphatic carbocycles. The van der Waals surface area contributed by atoms with Crippen molar-refractivity contribution >= 4 is 25.8 Å². The number of benzene rings is 1. The van der Waals surface area contributed by atoms with E-state index in [0.717, 1.165) is 10.0 Å². The minimum absolute atomic E-state index is 0.0385. The predicted molar refractivity (Wildman–Crippen MR) is 78.6 cm³/mol. The van der Waals surface area contributed by atoms with Gasteiger partial charge < -0.3 is 10.8 Å². The minimum atomic E-state index is -3.09. The third-order valence-electron chi connectivity index (χ3n) is 3.92. The molecule has 1 aromatic rings. The van der Waals surface area contributed by atoms with Gasteiger partial charge in [0.15, 0.2) is 9.84 Å². The van der Waals surface area contributed by atoms with Crippen molar-refractivity contribution in [1.82, 2.24) is 0 Å². The van der Waals surface area contributed by atoms with Crippen LogP contribution in [0.3, 0.4) is 0 Å². The fraction of sp³-hybridized carbons (Fsp3) is 0.538. The molecule has 0 saturated carbocycles. The third kappa shape index (κ3) is 2.86. The zero-order valence-corrected chi connectivity index (χ0v) is 13.2. The van der Waals surface area contributed by atoms with Gasteiger partial charge in [-0.25, -0.2) is 8.42 Å². The average molecular weight is 348 g/mol. The van der Waals surface area contributed by atoms with Crippen molar-refractivity contribution in [3.8, 4) is 0 Å². The van der Waals surface area contributed by atoms with Crippen LogP contribution in [0.4, 0.5) is 0 Å². The number of aliphatic hydroxyl groups is 1. The summed E-state index contributed by atoms with van der Waals surface area (Å²) in [7, 11) is -3.09. The quantitative estimate of drug-likeness (QED) is 0.869. The SMILES string of the molecule is Cc1ccc(C(O)C2(CN)CCS(=O)(=O)C2)cc1Br. The number of rotatable bonds is 3. The van der Waals surface area contributed by atoms with Gasteiger partial charge in [-0.3, -0.25) is 0 Å². The molecule has 0 radical (unpaired) electrons. The normalized spacial score (nSPS) is 27.4. The first-order valence-corrected chi connectivity index (χ1v) is 8.76. The van der Waals surface area contributed by atoms with Crippen LogP contribution in [-0.2, 0) is 9.84 Å². The average Bonchev–Trinajstić information content (AvgIpc) is 2.69. The van der Waals surface area contributed by atoms with E-state index in [1.54, 1.807) is 0 Å². The first-order chi connectivity index (χ1) is 8.80. The molecule has 19 heavy (non-hydrogen) atoms. The fourth-order valence-corrected chi connectivity index (χ4v) is 5.12. The summed E-state index contributed by atoms with van der Waals surface area (Å²) in [6, 6.07) is 5.56. The molecule has 1 aromatic carbocycles. The zero-order chi connectivity index (χ0) is 14.3. The summed E-state index contributed by atoms with van der Waals surface area (Å²) in [5.74, 6) is 0.0669. The van der Waals surface area contributed by atoms with Crippen LogP contribution in [-0.4, -0.2) is 31.6 Å². The highest BCUT2D eigenvalue weighted by molar-refractivity contribution is 9.10. The van der Waals surface area contributed by atoms with Crippen molar-refractivity contribution in [3.63, 3.8) is 0 Å². The molecule has 6 heteroatoms. The monoisotopic (exact) mass is 347 g/mol. The lowest BCUT2D eigenvalue weighted by Gasteiger charge is -2.32. The van der Waals surface area contributed by atoms with Crippen LogP contribution in [0.2, 0.25) is 0 Å². The van der Waals surface area contributed by atoms with E-state index >= 15 is 0 Å². The van der Waals surface area contributed by atoms with Crippen LogP contribution in [0, 0.1) is 12.3 Å². The second-order valence-electron chi connectivity index (χ2n) is 5.32. The molecule has 1 heterocycles. The number of aliphatic hydroxyl groups excluding tert-OH is 1. The molecule has 1 fully saturated rings. The lowest BCUT2D eigenvalue weighted by atomic mass is 9.78. The van der Waals surface area contributed by atoms with E-state index in [1.807, 2.05) is 25.1 Å². The van der Waals surface area contributed by atoms with Gasteiger partial charge in [-0.05, 0) is 30.5 Å². The number of halogens is 1. The van der Waals surface area contributed by atoms with Crippen molar-refractivity contribution in [3.05, 3.63) is 33.8 Å². The molecule has 1 aliphatic heterocycles. The van der Waals surface area contributed by atoms with E-state index in [4.69, 9.17) is 5.73 Å². The smallest absolute Gasteiger partial charge is 0.151 e. The summed E-state index contributed by atoms with van der Waals surface area (Å²) in [4.78, 5) is 0. The van der Waals surface area contributed by atoms with Gasteiger partial charge in [0, 0.05) is 16.4 Å². The first-order valence-electron chi connectivity index (χ1n) is 6.14. The van der Waals surface area contributed by atoms with Crippen molar-refractivity contribution in [1.29, 1.82) is 0 Å². The first kappa shape index (κ1) is 15.0. The van der Waals surface area contributed by atoms with E-state index in [1.165, 1.54) is 0 Å². The Hall–Kier alpha value is -0.430. The van der Waals surface area contributed by atoms with E-state index in [-0.39, 0.29) is 18.1 Å². The van der Waals surface area contributed by atoms with Crippen molar-refractivity contribution in [2.75, 3.05) is 18.1 Å². The highest BCUT2D eigenvalue weighted by Gasteiger charge is 2.47. The van der Waals surface area contributed by atoms with Crippen molar-refractivity contribution < 1.29 is 13.5 Å². The molecular weight excluding hydrogens is 330 g/mol. The van der Waals surface area contributed by atoms with Gasteiger partial charge in [0.25, 0.3) is 0 Å². The van der Waals surface area contributed by atoms with E-state index in [9.17, 15) is 13.5 Å². The van der Waals surface area contributed by atoms with Gasteiger partial charge in [-0.15, -0.1) is 0 Å². The molecule has 1 aliphatic rings. The predicted octanol–water partition coefficient (Wildman–Crippen LogP) is 1.55. The molecule has 0 amide bonds. The number of hydrogen-bond donors (Lipinski definition) is 2. The largest absolute Gasteiger partial charge is 0.388 e. The molecule has 106 valence electrons. The van der Waals surface area contributed by atoms with Crippen molar-refractivity contribution in [2.45, 2.75) is 19.4 Å². The summed E-state index contributed by atoms with van der Waals surface area (Å²) in [5.41, 5.74) is 6.78. The molecular formula is C13H18BrNO3S. The molecule has 2 rings (SSSR count). The molecule has 0 bridgehead atoms. The molecule has 2 unspecified atom stereocenters. The van der Waals surface area contributed by atoms with Gasteiger partial charge in [0.05, 0.1) is 17.6 Å². The van der Waals surface area contributed by atoms with Crippen LogP contribution in [0.15, 0.2) is 22.7 Å². The van der Waals surface area contributed by atoms with Gasteiger partial charge >= 0.3 is 0 Å². The van der Waals surface area contributed by atoms with Gasteiger partial charge in [0.2, 0.25) is 0 Å². The number of aryl methyl sites for hydroxylation is 1. The summed E-state index contributed by atoms with van der Waals surface area (Å²) in [6.07, 6.45) is -0.440. The Bertz CT molecular complexity index is 588. The third-order valence-corrected chi connectivity index (χ3v) is 6.61. The summed E-state index contributed by atoms with van der Waals surface area (Å²) >= 11 is 3.42. The second kappa shape index (κ2) is 5.16. The molecule has 3 N–H and O–H groups in total. The number of nitrogens with two attached hydrogens (primary N) is 1. The Morgan fingerprint density at radius 1 is 1.53 bits per heavy atom. The Labute approximate surface area is 122 Å². The summed E-state index contributed by atoms with van der Waals surface area (Å²) in [5, 5.41) is 10.6. The molecule has 0 aromatic heterocycles. The van der Waals surface area contributed by atoms with Crippen LogP contribution < -0.4 is 5.73 Å². The topological polar surface area (TPSA) is 80.4 Å². The molecule has 0 spiro atoms. The van der Waals surface area contributed by atoms with E-state index in [2.05, 4.69) is 15.9 Å². The molecule has 4 nitrogen and oxygen atoms in total. The van der Waals surface area contributed by atoms with Crippen molar-refractivity contribution in [2.24, 2.45) is 11.1 Å². The molecule has 1 saturated heterocycles. The van der Waals surface area contributed by atoms with Crippen LogP contribution in [0.5, 0.6) is 0 Å². The minimum Gasteiger partial charge on any atom is -0.388 e. The highest BCUT2D eigenvalue weighted by Crippen LogP contribution is 2.43. The van der Waals surface area contributed by atoms with E-state index < -0.39 is 21.4 Å². The maximum absolute atomic E-state index is 11.7. The van der Waals surface area contributed by atoms with E-state index in [0.29, 0.717) is 12.0 Å². The standard InChI is InChI=1S/C13H18BrNO3S/c1-9-2-3-10(6-11(9)14)12(16)13(7-15)4-5-19(17,18)8-13/h2-3,6,12,16H,4-5,7-8,15H2,1H3. The summed E-state index contributed by atoms with van der Waals surface area (Å²) < 4.78 is 24.3. The lowest BCUT2D eigenvalue weighted by Crippen LogP contribution is -2.38. The van der Waals surface area contributed by atoms with Crippen LogP contribution in [0.1, 0.15) is 23.7 Å². The lowest BCUT2D eigenvalue weighted by molar-refractivity contribution is 0.0471. The number of hydrogen-bond acceptors (Lipinski definition) is 4. The highest BCUT2D eigenvalue weighted by atomic mass is 79.9. The molecule has 2 atom stereocenters. The van der Waals surface area contributed by atoms with Crippen LogP contribution in [0.25, 0.3) is 0 Å². The maximum atomic E-state index is 11.7. The fourth-order valence-electron chi connectivity index (χ4n) is 2.56. The maximum Gasteiger partial charge on any atom is 0.151 e. The number of sulfone groups is 1. The summed E-state index contributed by atoms with van der Waals surface area (Å²) in [6.45, 7) is 2.12. The zero-order valence-electron chi connectivity index (χ0n) is 10.8. The van der Waals surface area contributed by atoms with Gasteiger partial charge in [-0.1, -0.05) is 28.1 Å². The Balaban J connectivity index is 2.36. The Morgan fingerprint density at radius 3 is 2.68 bits per heavy atom. The van der Waals surface area contributed by atoms with Gasteiger partial charge in [0.1, 0.15) is 0 Å².